The zero-order chi connectivity index (χ0) is 31.2. The molecule has 44 heavy (non-hydrogen) atoms. The second-order valence-electron chi connectivity index (χ2n) is 11.6. The summed E-state index contributed by atoms with van der Waals surface area (Å²) in [6.45, 7) is 1.17. The molecule has 1 spiro atoms. The number of halogens is 4. The molecule has 3 aromatic rings. The van der Waals surface area contributed by atoms with Crippen LogP contribution in [0.2, 0.25) is 5.02 Å². The van der Waals surface area contributed by atoms with E-state index >= 15 is 0 Å². The number of nitrogens with zero attached hydrogens (tertiary/aromatic N) is 4. The molecule has 2 aliphatic heterocycles. The Morgan fingerprint density at radius 2 is 1.80 bits per heavy atom. The van der Waals surface area contributed by atoms with Crippen molar-refractivity contribution in [3.8, 4) is 0 Å². The molecule has 13 heteroatoms. The van der Waals surface area contributed by atoms with Gasteiger partial charge in [-0.3, -0.25) is 19.4 Å². The molecule has 230 valence electrons. The van der Waals surface area contributed by atoms with Crippen LogP contribution < -0.4 is 20.4 Å². The van der Waals surface area contributed by atoms with Crippen LogP contribution in [0.4, 0.5) is 24.7 Å². The minimum Gasteiger partial charge on any atom is -0.355 e. The Hall–Kier alpha value is -4.19. The minimum absolute atomic E-state index is 0.0836. The molecule has 9 nitrogen and oxygen atoms in total. The number of amides is 3. The monoisotopic (exact) mass is 626 g/mol. The lowest BCUT2D eigenvalue weighted by Crippen LogP contribution is -2.64. The summed E-state index contributed by atoms with van der Waals surface area (Å²) in [5, 5.41) is 5.49. The first kappa shape index (κ1) is 29.9. The zero-order valence-corrected chi connectivity index (χ0v) is 24.6. The number of hydrogen-bond donors (Lipinski definition) is 2. The van der Waals surface area contributed by atoms with Crippen molar-refractivity contribution in [1.29, 1.82) is 0 Å². The lowest BCUT2D eigenvalue weighted by Gasteiger charge is -2.47. The third-order valence-corrected chi connectivity index (χ3v) is 9.07. The number of carbonyl (C=O) groups excluding carboxylic acids is 3. The van der Waals surface area contributed by atoms with Crippen LogP contribution in [0.25, 0.3) is 0 Å². The lowest BCUT2D eigenvalue weighted by atomic mass is 9.74. The fraction of sp³-hybridized carbons (Fsp3) is 0.387. The number of pyridine rings is 2. The number of anilines is 2. The SMILES string of the molecule is CNC(=O)c1ccc(N2CC3(C2)C(=O)N(C[C@H]2CC[C@H](NC(=O)c4cc(Cl)cnc4C(F)F)CC2)c2cc(F)ccc23)nc1. The van der Waals surface area contributed by atoms with Gasteiger partial charge < -0.3 is 20.4 Å². The van der Waals surface area contributed by atoms with E-state index in [1.165, 1.54) is 24.4 Å². The fourth-order valence-corrected chi connectivity index (χ4v) is 6.70. The van der Waals surface area contributed by atoms with E-state index in [1.54, 1.807) is 30.1 Å². The van der Waals surface area contributed by atoms with Crippen molar-refractivity contribution in [2.45, 2.75) is 43.6 Å². The Balaban J connectivity index is 1.11. The van der Waals surface area contributed by atoms with Crippen LogP contribution in [-0.2, 0) is 10.2 Å². The van der Waals surface area contributed by atoms with E-state index in [0.29, 0.717) is 62.4 Å². The highest BCUT2D eigenvalue weighted by atomic mass is 35.5. The van der Waals surface area contributed by atoms with Gasteiger partial charge >= 0.3 is 0 Å². The number of alkyl halides is 2. The maximum absolute atomic E-state index is 14.4. The van der Waals surface area contributed by atoms with Gasteiger partial charge in [-0.25, -0.2) is 18.2 Å². The average molecular weight is 627 g/mol. The van der Waals surface area contributed by atoms with Crippen molar-refractivity contribution in [3.05, 3.63) is 82.0 Å². The van der Waals surface area contributed by atoms with Crippen LogP contribution in [0.1, 0.15) is 64.1 Å². The number of rotatable bonds is 7. The Kier molecular flexibility index (Phi) is 7.95. The smallest absolute Gasteiger partial charge is 0.281 e. The molecule has 0 bridgehead atoms. The second kappa shape index (κ2) is 11.7. The van der Waals surface area contributed by atoms with Crippen molar-refractivity contribution in [1.82, 2.24) is 20.6 Å². The van der Waals surface area contributed by atoms with Crippen molar-refractivity contribution < 1.29 is 27.6 Å². The highest BCUT2D eigenvalue weighted by Crippen LogP contribution is 2.49. The first-order valence-corrected chi connectivity index (χ1v) is 14.8. The molecule has 0 radical (unpaired) electrons. The highest BCUT2D eigenvalue weighted by molar-refractivity contribution is 6.30. The molecular formula is C31H30ClF3N6O3. The number of aromatic nitrogens is 2. The Morgan fingerprint density at radius 3 is 2.45 bits per heavy atom. The Labute approximate surface area is 256 Å². The van der Waals surface area contributed by atoms with Crippen LogP contribution >= 0.6 is 11.6 Å². The van der Waals surface area contributed by atoms with E-state index in [2.05, 4.69) is 20.6 Å². The van der Waals surface area contributed by atoms with E-state index in [1.807, 2.05) is 4.90 Å². The van der Waals surface area contributed by atoms with Crippen LogP contribution in [0.5, 0.6) is 0 Å². The van der Waals surface area contributed by atoms with Crippen LogP contribution in [0, 0.1) is 11.7 Å². The summed E-state index contributed by atoms with van der Waals surface area (Å²) in [7, 11) is 1.55. The van der Waals surface area contributed by atoms with Crippen LogP contribution in [0.3, 0.4) is 0 Å². The summed E-state index contributed by atoms with van der Waals surface area (Å²) in [6.07, 6.45) is 2.25. The molecule has 1 aliphatic carbocycles. The maximum Gasteiger partial charge on any atom is 0.281 e. The van der Waals surface area contributed by atoms with E-state index in [0.717, 1.165) is 11.8 Å². The molecule has 1 saturated heterocycles. The van der Waals surface area contributed by atoms with Gasteiger partial charge in [0, 0.05) is 45.1 Å². The van der Waals surface area contributed by atoms with Crippen LogP contribution in [-0.4, -0.2) is 60.4 Å². The van der Waals surface area contributed by atoms with Crippen LogP contribution in [0.15, 0.2) is 48.8 Å². The minimum atomic E-state index is -2.91. The van der Waals surface area contributed by atoms with Gasteiger partial charge in [0.05, 0.1) is 21.8 Å². The average Bonchev–Trinajstić information content (AvgIpc) is 3.23. The normalized spacial score (nSPS) is 20.5. The molecule has 2 fully saturated rings. The zero-order valence-electron chi connectivity index (χ0n) is 23.8. The summed E-state index contributed by atoms with van der Waals surface area (Å²) in [4.78, 5) is 50.3. The third kappa shape index (κ3) is 5.36. The van der Waals surface area contributed by atoms with E-state index in [9.17, 15) is 27.6 Å². The highest BCUT2D eigenvalue weighted by Gasteiger charge is 2.58. The molecular weight excluding hydrogens is 597 g/mol. The fourth-order valence-electron chi connectivity index (χ4n) is 6.54. The van der Waals surface area contributed by atoms with Crippen molar-refractivity contribution >= 4 is 40.8 Å². The van der Waals surface area contributed by atoms with E-state index in [4.69, 9.17) is 11.6 Å². The summed E-state index contributed by atoms with van der Waals surface area (Å²) in [5.74, 6) is -0.638. The molecule has 2 aromatic heterocycles. The number of hydrogen-bond acceptors (Lipinski definition) is 6. The topological polar surface area (TPSA) is 108 Å². The molecule has 4 heterocycles. The number of fused-ring (bicyclic) bond motifs is 2. The maximum atomic E-state index is 14.4. The summed E-state index contributed by atoms with van der Waals surface area (Å²) in [6, 6.07) is 8.87. The van der Waals surface area contributed by atoms with Gasteiger partial charge in [0.25, 0.3) is 18.2 Å². The molecule has 1 aromatic carbocycles. The lowest BCUT2D eigenvalue weighted by molar-refractivity contribution is -0.124. The van der Waals surface area contributed by atoms with Gasteiger partial charge in [0.2, 0.25) is 5.91 Å². The quantitative estimate of drug-likeness (QED) is 0.395. The van der Waals surface area contributed by atoms with Crippen molar-refractivity contribution in [2.24, 2.45) is 5.92 Å². The largest absolute Gasteiger partial charge is 0.355 e. The summed E-state index contributed by atoms with van der Waals surface area (Å²) >= 11 is 5.90. The standard InChI is InChI=1S/C31H30ClF3N6O3/c1-36-28(42)18-4-9-25(37-12-18)40-15-31(16-40)23-8-5-20(33)11-24(23)41(30(31)44)14-17-2-6-21(7-3-17)39-29(43)22-10-19(32)13-38-26(22)27(34)35/h4-5,8-13,17,21,27H,2-3,6-7,14-16H2,1H3,(H,36,42)(H,39,43)/t17-,21-. The second-order valence-corrected chi connectivity index (χ2v) is 12.0. The molecule has 3 amide bonds. The first-order chi connectivity index (χ1) is 21.1. The first-order valence-electron chi connectivity index (χ1n) is 14.4. The number of benzene rings is 1. The Morgan fingerprint density at radius 1 is 1.05 bits per heavy atom. The Bertz CT molecular complexity index is 1610. The van der Waals surface area contributed by atoms with Gasteiger partial charge in [-0.2, -0.15) is 0 Å². The van der Waals surface area contributed by atoms with Gasteiger partial charge in [0.15, 0.2) is 0 Å². The van der Waals surface area contributed by atoms with Gasteiger partial charge in [-0.05, 0) is 67.5 Å². The summed E-state index contributed by atoms with van der Waals surface area (Å²) in [5.41, 5.74) is 0.119. The van der Waals surface area contributed by atoms with Gasteiger partial charge in [0.1, 0.15) is 22.7 Å². The molecule has 0 atom stereocenters. The predicted octanol–water partition coefficient (Wildman–Crippen LogP) is 4.66. The molecule has 0 unspecified atom stereocenters. The molecule has 3 aliphatic rings. The van der Waals surface area contributed by atoms with E-state index < -0.39 is 29.3 Å². The predicted molar refractivity (Wildman–Crippen MR) is 158 cm³/mol. The van der Waals surface area contributed by atoms with Gasteiger partial charge in [-0.15, -0.1) is 0 Å². The third-order valence-electron chi connectivity index (χ3n) is 8.86. The summed E-state index contributed by atoms with van der Waals surface area (Å²) < 4.78 is 41.2. The van der Waals surface area contributed by atoms with E-state index in [-0.39, 0.29) is 34.4 Å². The molecule has 2 N–H and O–H groups in total. The molecule has 1 saturated carbocycles. The van der Waals surface area contributed by atoms with Crippen molar-refractivity contribution in [3.63, 3.8) is 0 Å². The molecule has 6 rings (SSSR count). The van der Waals surface area contributed by atoms with Crippen molar-refractivity contribution in [2.75, 3.05) is 36.5 Å². The van der Waals surface area contributed by atoms with Gasteiger partial charge in [-0.1, -0.05) is 17.7 Å². The number of carbonyl (C=O) groups is 3. The number of nitrogens with one attached hydrogen (secondary N) is 2.